The van der Waals surface area contributed by atoms with E-state index in [0.29, 0.717) is 18.4 Å². The standard InChI is InChI=1S/C27H40BN5O3/c1-26(2)20-15-21(26)27(3)22(16-20)35-28(36-27)23(11-7-8-14-29)31-25(34)17-33-18-30-24(32-33)13-12-19-9-5-4-6-10-19/h4-6,9-10,18,20-23H,7-8,11-17,29H2,1-3H3,(H,31,34). The number of hydrogen-bond acceptors (Lipinski definition) is 6. The van der Waals surface area contributed by atoms with Crippen LogP contribution in [0.1, 0.15) is 64.3 Å². The Morgan fingerprint density at radius 3 is 2.78 bits per heavy atom. The highest BCUT2D eigenvalue weighted by Gasteiger charge is 2.68. The van der Waals surface area contributed by atoms with Gasteiger partial charge in [-0.25, -0.2) is 9.67 Å². The maximum absolute atomic E-state index is 13.0. The Balaban J connectivity index is 1.19. The van der Waals surface area contributed by atoms with Crippen molar-refractivity contribution in [1.29, 1.82) is 0 Å². The number of aryl methyl sites for hydroxylation is 2. The lowest BCUT2D eigenvalue weighted by molar-refractivity contribution is -0.199. The molecule has 0 spiro atoms. The third kappa shape index (κ3) is 4.98. The molecule has 1 aromatic carbocycles. The molecule has 5 unspecified atom stereocenters. The molecule has 5 atom stereocenters. The number of unbranched alkanes of at least 4 members (excludes halogenated alkanes) is 1. The van der Waals surface area contributed by atoms with Crippen molar-refractivity contribution in [3.8, 4) is 0 Å². The van der Waals surface area contributed by atoms with E-state index in [2.05, 4.69) is 48.3 Å². The van der Waals surface area contributed by atoms with Crippen LogP contribution in [0.25, 0.3) is 0 Å². The number of rotatable bonds is 11. The average Bonchev–Trinajstić information content (AvgIpc) is 3.45. The van der Waals surface area contributed by atoms with Gasteiger partial charge in [-0.2, -0.15) is 5.10 Å². The third-order valence-corrected chi connectivity index (χ3v) is 8.98. The van der Waals surface area contributed by atoms with Gasteiger partial charge >= 0.3 is 7.12 Å². The number of amides is 1. The van der Waals surface area contributed by atoms with E-state index in [-0.39, 0.29) is 35.5 Å². The molecule has 1 amide bonds. The largest absolute Gasteiger partial charge is 0.481 e. The molecule has 1 saturated heterocycles. The van der Waals surface area contributed by atoms with Crippen molar-refractivity contribution in [1.82, 2.24) is 20.1 Å². The summed E-state index contributed by atoms with van der Waals surface area (Å²) in [5.41, 5.74) is 6.98. The molecule has 3 aliphatic carbocycles. The van der Waals surface area contributed by atoms with Crippen LogP contribution in [-0.2, 0) is 33.5 Å². The van der Waals surface area contributed by atoms with E-state index in [9.17, 15) is 4.79 Å². The minimum absolute atomic E-state index is 0.0932. The van der Waals surface area contributed by atoms with Gasteiger partial charge in [-0.3, -0.25) is 4.79 Å². The Bertz CT molecular complexity index is 1050. The number of carbonyl (C=O) groups excluding carboxylic acids is 1. The van der Waals surface area contributed by atoms with Gasteiger partial charge in [-0.15, -0.1) is 0 Å². The average molecular weight is 493 g/mol. The molecule has 1 aromatic heterocycles. The molecule has 6 rings (SSSR count). The molecule has 9 heteroatoms. The fourth-order valence-corrected chi connectivity index (χ4v) is 6.68. The molecular weight excluding hydrogens is 453 g/mol. The Hall–Kier alpha value is -2.23. The number of benzene rings is 1. The van der Waals surface area contributed by atoms with Crippen LogP contribution in [0.2, 0.25) is 0 Å². The van der Waals surface area contributed by atoms with E-state index in [0.717, 1.165) is 44.3 Å². The number of nitrogens with one attached hydrogen (secondary N) is 1. The predicted molar refractivity (Wildman–Crippen MR) is 139 cm³/mol. The SMILES string of the molecule is CC1(C)C2CC3OB(C(CCCCN)NC(=O)Cn4cnc(CCc5ccccc5)n4)OC3(C)C1C2. The van der Waals surface area contributed by atoms with Gasteiger partial charge in [-0.05, 0) is 68.4 Å². The maximum Gasteiger partial charge on any atom is 0.481 e. The number of aromatic nitrogens is 3. The van der Waals surface area contributed by atoms with Crippen LogP contribution in [0.15, 0.2) is 36.7 Å². The molecule has 0 radical (unpaired) electrons. The second-order valence-electron chi connectivity index (χ2n) is 11.6. The van der Waals surface area contributed by atoms with Crippen molar-refractivity contribution < 1.29 is 14.1 Å². The quantitative estimate of drug-likeness (QED) is 0.369. The summed E-state index contributed by atoms with van der Waals surface area (Å²) in [6.45, 7) is 7.69. The fraction of sp³-hybridized carbons (Fsp3) is 0.667. The zero-order valence-corrected chi connectivity index (χ0v) is 21.9. The van der Waals surface area contributed by atoms with Gasteiger partial charge in [0.15, 0.2) is 5.82 Å². The Morgan fingerprint density at radius 2 is 2.03 bits per heavy atom. The number of hydrogen-bond donors (Lipinski definition) is 2. The zero-order valence-electron chi connectivity index (χ0n) is 21.9. The van der Waals surface area contributed by atoms with Crippen LogP contribution in [0, 0.1) is 17.3 Å². The summed E-state index contributed by atoms with van der Waals surface area (Å²) in [4.78, 5) is 17.4. The van der Waals surface area contributed by atoms with E-state index in [4.69, 9.17) is 15.0 Å². The number of nitrogens with two attached hydrogens (primary N) is 1. The van der Waals surface area contributed by atoms with E-state index in [1.807, 2.05) is 18.2 Å². The molecule has 8 nitrogen and oxygen atoms in total. The van der Waals surface area contributed by atoms with Gasteiger partial charge in [0.25, 0.3) is 0 Å². The highest BCUT2D eigenvalue weighted by molar-refractivity contribution is 6.47. The van der Waals surface area contributed by atoms with Crippen LogP contribution >= 0.6 is 0 Å². The van der Waals surface area contributed by atoms with Gasteiger partial charge in [0.1, 0.15) is 12.9 Å². The van der Waals surface area contributed by atoms with E-state index in [1.165, 1.54) is 12.0 Å². The van der Waals surface area contributed by atoms with Crippen molar-refractivity contribution in [2.45, 2.75) is 89.9 Å². The second-order valence-corrected chi connectivity index (χ2v) is 11.6. The summed E-state index contributed by atoms with van der Waals surface area (Å²) in [5, 5.41) is 7.70. The molecule has 36 heavy (non-hydrogen) atoms. The molecule has 194 valence electrons. The van der Waals surface area contributed by atoms with Crippen molar-refractivity contribution in [2.24, 2.45) is 23.0 Å². The first-order valence-electron chi connectivity index (χ1n) is 13.5. The van der Waals surface area contributed by atoms with Gasteiger partial charge < -0.3 is 20.4 Å². The van der Waals surface area contributed by atoms with Crippen molar-refractivity contribution in [3.05, 3.63) is 48.0 Å². The molecule has 3 saturated carbocycles. The lowest BCUT2D eigenvalue weighted by Crippen LogP contribution is -2.65. The number of carbonyl (C=O) groups is 1. The van der Waals surface area contributed by atoms with Crippen LogP contribution in [0.3, 0.4) is 0 Å². The Labute approximate surface area is 214 Å². The van der Waals surface area contributed by atoms with Gasteiger partial charge in [0.05, 0.1) is 17.6 Å². The summed E-state index contributed by atoms with van der Waals surface area (Å²) < 4.78 is 14.8. The summed E-state index contributed by atoms with van der Waals surface area (Å²) in [7, 11) is -0.436. The molecule has 2 heterocycles. The third-order valence-electron chi connectivity index (χ3n) is 8.98. The molecule has 1 aliphatic heterocycles. The van der Waals surface area contributed by atoms with Gasteiger partial charge in [0, 0.05) is 6.42 Å². The fourth-order valence-electron chi connectivity index (χ4n) is 6.68. The zero-order chi connectivity index (χ0) is 25.3. The summed E-state index contributed by atoms with van der Waals surface area (Å²) >= 11 is 0. The van der Waals surface area contributed by atoms with Crippen molar-refractivity contribution in [3.63, 3.8) is 0 Å². The highest BCUT2D eigenvalue weighted by Crippen LogP contribution is 2.65. The lowest BCUT2D eigenvalue weighted by atomic mass is 9.43. The first kappa shape index (κ1) is 25.4. The van der Waals surface area contributed by atoms with E-state index >= 15 is 0 Å². The highest BCUT2D eigenvalue weighted by atomic mass is 16.7. The minimum atomic E-state index is -0.436. The normalized spacial score (nSPS) is 28.9. The van der Waals surface area contributed by atoms with Crippen molar-refractivity contribution in [2.75, 3.05) is 6.54 Å². The summed E-state index contributed by atoms with van der Waals surface area (Å²) in [6.07, 6.45) is 8.17. The smallest absolute Gasteiger partial charge is 0.404 e. The van der Waals surface area contributed by atoms with Gasteiger partial charge in [-0.1, -0.05) is 50.6 Å². The van der Waals surface area contributed by atoms with Crippen molar-refractivity contribution >= 4 is 13.0 Å². The maximum atomic E-state index is 13.0. The molecule has 2 aromatic rings. The summed E-state index contributed by atoms with van der Waals surface area (Å²) in [5.74, 6) is 1.60. The molecular formula is C27H40BN5O3. The van der Waals surface area contributed by atoms with E-state index in [1.54, 1.807) is 11.0 Å². The Morgan fingerprint density at radius 1 is 1.22 bits per heavy atom. The van der Waals surface area contributed by atoms with Crippen LogP contribution in [0.5, 0.6) is 0 Å². The Kier molecular flexibility index (Phi) is 7.25. The first-order valence-corrected chi connectivity index (χ1v) is 13.5. The molecule has 4 aliphatic rings. The molecule has 3 N–H and O–H groups in total. The topological polar surface area (TPSA) is 104 Å². The minimum Gasteiger partial charge on any atom is -0.404 e. The van der Waals surface area contributed by atoms with Crippen LogP contribution in [0.4, 0.5) is 0 Å². The van der Waals surface area contributed by atoms with Gasteiger partial charge in [0.2, 0.25) is 5.91 Å². The predicted octanol–water partition coefficient (Wildman–Crippen LogP) is 2.94. The van der Waals surface area contributed by atoms with Crippen LogP contribution < -0.4 is 11.1 Å². The van der Waals surface area contributed by atoms with Crippen LogP contribution in [-0.4, -0.2) is 52.0 Å². The monoisotopic (exact) mass is 493 g/mol. The van der Waals surface area contributed by atoms with E-state index < -0.39 is 7.12 Å². The molecule has 2 bridgehead atoms. The molecule has 4 fully saturated rings. The first-order chi connectivity index (χ1) is 17.3. The number of nitrogens with zero attached hydrogens (tertiary/aromatic N) is 3. The summed E-state index contributed by atoms with van der Waals surface area (Å²) in [6, 6.07) is 10.3. The second kappa shape index (κ2) is 10.3. The lowest BCUT2D eigenvalue weighted by Gasteiger charge is -2.64.